The zero-order chi connectivity index (χ0) is 32.3. The van der Waals surface area contributed by atoms with Crippen LogP contribution in [0.1, 0.15) is 35.3 Å². The summed E-state index contributed by atoms with van der Waals surface area (Å²) in [4.78, 5) is 39.0. The minimum Gasteiger partial charge on any atom is -0.497 e. The molecule has 0 fully saturated rings. The third-order valence-corrected chi connectivity index (χ3v) is 7.28. The summed E-state index contributed by atoms with van der Waals surface area (Å²) in [6, 6.07) is 19.5. The Labute approximate surface area is 264 Å². The Morgan fingerprint density at radius 1 is 0.889 bits per heavy atom. The highest BCUT2D eigenvalue weighted by molar-refractivity contribution is 6.00. The number of ether oxygens (including phenoxy) is 3. The normalized spacial score (nSPS) is 10.7. The third-order valence-electron chi connectivity index (χ3n) is 7.28. The molecule has 0 aliphatic rings. The molecule has 1 heterocycles. The van der Waals surface area contributed by atoms with E-state index in [-0.39, 0.29) is 17.7 Å². The Balaban J connectivity index is 1.55. The van der Waals surface area contributed by atoms with Crippen molar-refractivity contribution in [1.29, 1.82) is 0 Å². The predicted molar refractivity (Wildman–Crippen MR) is 176 cm³/mol. The first-order valence-corrected chi connectivity index (χ1v) is 14.8. The number of likely N-dealkylation sites (N-methyl/N-ethyl adjacent to an activating group) is 1. The van der Waals surface area contributed by atoms with Crippen LogP contribution < -0.4 is 29.7 Å². The molecule has 4 aromatic rings. The van der Waals surface area contributed by atoms with E-state index in [1.807, 2.05) is 32.0 Å². The van der Waals surface area contributed by atoms with E-state index >= 15 is 0 Å². The fourth-order valence-corrected chi connectivity index (χ4v) is 4.87. The summed E-state index contributed by atoms with van der Waals surface area (Å²) in [5.41, 5.74) is 3.97. The Kier molecular flexibility index (Phi) is 11.3. The van der Waals surface area contributed by atoms with Crippen molar-refractivity contribution in [1.82, 2.24) is 20.2 Å². The molecule has 0 aliphatic heterocycles. The van der Waals surface area contributed by atoms with Crippen LogP contribution in [0.2, 0.25) is 0 Å². The van der Waals surface area contributed by atoms with Gasteiger partial charge in [0, 0.05) is 42.7 Å². The maximum atomic E-state index is 13.9. The van der Waals surface area contributed by atoms with Crippen molar-refractivity contribution in [2.45, 2.75) is 27.7 Å². The number of aromatic nitrogens is 2. The number of anilines is 4. The lowest BCUT2D eigenvalue weighted by molar-refractivity contribution is 0.0949. The van der Waals surface area contributed by atoms with E-state index in [1.54, 1.807) is 49.6 Å². The molecule has 0 bridgehead atoms. The quantitative estimate of drug-likeness (QED) is 0.180. The number of carbonyl (C=O) groups is 2. The van der Waals surface area contributed by atoms with Gasteiger partial charge in [-0.1, -0.05) is 38.1 Å². The Morgan fingerprint density at radius 3 is 2.31 bits per heavy atom. The van der Waals surface area contributed by atoms with Gasteiger partial charge in [-0.3, -0.25) is 4.79 Å². The minimum atomic E-state index is -0.691. The predicted octanol–water partition coefficient (Wildman–Crippen LogP) is 6.26. The summed E-state index contributed by atoms with van der Waals surface area (Å²) < 4.78 is 16.8. The van der Waals surface area contributed by atoms with E-state index in [4.69, 9.17) is 14.2 Å². The first kappa shape index (κ1) is 32.7. The number of carbonyl (C=O) groups excluding carboxylic acids is 2. The zero-order valence-electron chi connectivity index (χ0n) is 26.6. The van der Waals surface area contributed by atoms with Crippen molar-refractivity contribution in [2.24, 2.45) is 0 Å². The van der Waals surface area contributed by atoms with E-state index in [1.165, 1.54) is 24.3 Å². The molecular formula is C34H40N6O5. The van der Waals surface area contributed by atoms with Crippen molar-refractivity contribution < 1.29 is 23.8 Å². The van der Waals surface area contributed by atoms with Gasteiger partial charge in [0.25, 0.3) is 5.91 Å². The molecule has 0 atom stereocenters. The van der Waals surface area contributed by atoms with Crippen LogP contribution in [0.5, 0.6) is 17.4 Å². The number of amides is 2. The molecule has 0 saturated heterocycles. The van der Waals surface area contributed by atoms with Crippen molar-refractivity contribution in [3.05, 3.63) is 89.6 Å². The summed E-state index contributed by atoms with van der Waals surface area (Å²) >= 11 is 0. The molecule has 0 unspecified atom stereocenters. The van der Waals surface area contributed by atoms with E-state index in [0.29, 0.717) is 40.7 Å². The first-order chi connectivity index (χ1) is 21.8. The number of rotatable bonds is 13. The number of nitrogens with one attached hydrogen (secondary N) is 2. The molecule has 0 radical (unpaired) electrons. The highest BCUT2D eigenvalue weighted by Crippen LogP contribution is 2.39. The van der Waals surface area contributed by atoms with Gasteiger partial charge >= 0.3 is 6.09 Å². The maximum Gasteiger partial charge on any atom is 0.425 e. The van der Waals surface area contributed by atoms with Crippen molar-refractivity contribution in [3.8, 4) is 17.4 Å². The van der Waals surface area contributed by atoms with Crippen LogP contribution in [0.25, 0.3) is 0 Å². The topological polar surface area (TPSA) is 118 Å². The van der Waals surface area contributed by atoms with Gasteiger partial charge in [-0.05, 0) is 68.4 Å². The summed E-state index contributed by atoms with van der Waals surface area (Å²) in [6.07, 6.45) is 0.794. The van der Waals surface area contributed by atoms with Crippen LogP contribution in [-0.2, 0) is 0 Å². The molecule has 0 aliphatic carbocycles. The number of nitrogens with zero attached hydrogens (tertiary/aromatic N) is 4. The largest absolute Gasteiger partial charge is 0.497 e. The van der Waals surface area contributed by atoms with E-state index in [0.717, 1.165) is 30.8 Å². The van der Waals surface area contributed by atoms with Gasteiger partial charge in [-0.15, -0.1) is 0 Å². The second-order valence-corrected chi connectivity index (χ2v) is 10.2. The SMILES string of the molecule is CCN(CC)CCNC(=O)c1cccc(Nc2nccc(OC(=O)N(c3ccc(OC)cc3OC)c3c(C)cccc3C)n2)c1. The minimum absolute atomic E-state index is 0.0338. The number of methoxy groups -OCH3 is 2. The van der Waals surface area contributed by atoms with Gasteiger partial charge in [-0.2, -0.15) is 4.98 Å². The van der Waals surface area contributed by atoms with Gasteiger partial charge < -0.3 is 29.7 Å². The molecule has 3 aromatic carbocycles. The molecule has 1 aromatic heterocycles. The summed E-state index contributed by atoms with van der Waals surface area (Å²) in [6.45, 7) is 11.2. The third kappa shape index (κ3) is 8.27. The van der Waals surface area contributed by atoms with Gasteiger partial charge in [0.15, 0.2) is 0 Å². The van der Waals surface area contributed by atoms with Crippen molar-refractivity contribution >= 4 is 35.0 Å². The fourth-order valence-electron chi connectivity index (χ4n) is 4.87. The van der Waals surface area contributed by atoms with Gasteiger partial charge in [0.1, 0.15) is 11.5 Å². The standard InChI is InChI=1S/C34H40N6O5/c1-7-39(8-2)20-19-35-32(41)25-13-10-14-26(21-25)37-33-36-18-17-30(38-33)45-34(42)40(31-23(3)11-9-12-24(31)4)28-16-15-27(43-5)22-29(28)44-6/h9-18,21-22H,7-8,19-20H2,1-6H3,(H,35,41)(H,36,37,38). The maximum absolute atomic E-state index is 13.9. The summed E-state index contributed by atoms with van der Waals surface area (Å²) in [5, 5.41) is 6.06. The number of benzene rings is 3. The van der Waals surface area contributed by atoms with Gasteiger partial charge in [0.05, 0.1) is 25.6 Å². The highest BCUT2D eigenvalue weighted by atomic mass is 16.6. The second-order valence-electron chi connectivity index (χ2n) is 10.2. The zero-order valence-corrected chi connectivity index (χ0v) is 26.6. The van der Waals surface area contributed by atoms with Crippen LogP contribution in [0, 0.1) is 13.8 Å². The van der Waals surface area contributed by atoms with Gasteiger partial charge in [0.2, 0.25) is 11.8 Å². The molecule has 2 N–H and O–H groups in total. The summed E-state index contributed by atoms with van der Waals surface area (Å²) in [5.74, 6) is 1.07. The monoisotopic (exact) mass is 612 g/mol. The Hall–Kier alpha value is -5.16. The average Bonchev–Trinajstić information content (AvgIpc) is 3.05. The number of aryl methyl sites for hydroxylation is 2. The van der Waals surface area contributed by atoms with Crippen LogP contribution in [-0.4, -0.2) is 67.3 Å². The molecule has 0 saturated carbocycles. The van der Waals surface area contributed by atoms with E-state index in [2.05, 4.69) is 39.3 Å². The Morgan fingerprint density at radius 2 is 1.62 bits per heavy atom. The Bertz CT molecular complexity index is 1600. The van der Waals surface area contributed by atoms with Crippen LogP contribution in [0.4, 0.5) is 27.8 Å². The second kappa shape index (κ2) is 15.5. The van der Waals surface area contributed by atoms with Crippen LogP contribution >= 0.6 is 0 Å². The van der Waals surface area contributed by atoms with E-state index in [9.17, 15) is 9.59 Å². The lowest BCUT2D eigenvalue weighted by Crippen LogP contribution is -2.34. The number of para-hydroxylation sites is 1. The number of hydrogen-bond acceptors (Lipinski definition) is 9. The number of hydrogen-bond donors (Lipinski definition) is 2. The molecule has 2 amide bonds. The first-order valence-electron chi connectivity index (χ1n) is 14.8. The molecule has 4 rings (SSSR count). The van der Waals surface area contributed by atoms with E-state index < -0.39 is 6.09 Å². The van der Waals surface area contributed by atoms with Crippen molar-refractivity contribution in [2.75, 3.05) is 50.6 Å². The molecule has 0 spiro atoms. The lowest BCUT2D eigenvalue weighted by Gasteiger charge is -2.27. The average molecular weight is 613 g/mol. The van der Waals surface area contributed by atoms with Crippen LogP contribution in [0.15, 0.2) is 72.9 Å². The lowest BCUT2D eigenvalue weighted by atomic mass is 10.1. The molecular weight excluding hydrogens is 572 g/mol. The molecule has 11 nitrogen and oxygen atoms in total. The summed E-state index contributed by atoms with van der Waals surface area (Å²) in [7, 11) is 3.09. The molecule has 45 heavy (non-hydrogen) atoms. The molecule has 236 valence electrons. The molecule has 11 heteroatoms. The fraction of sp³-hybridized carbons (Fsp3) is 0.294. The van der Waals surface area contributed by atoms with Crippen molar-refractivity contribution in [3.63, 3.8) is 0 Å². The smallest absolute Gasteiger partial charge is 0.425 e. The highest BCUT2D eigenvalue weighted by Gasteiger charge is 2.27. The van der Waals surface area contributed by atoms with Gasteiger partial charge in [-0.25, -0.2) is 14.7 Å². The van der Waals surface area contributed by atoms with Crippen LogP contribution in [0.3, 0.4) is 0 Å².